The summed E-state index contributed by atoms with van der Waals surface area (Å²) < 4.78 is 13.4. The summed E-state index contributed by atoms with van der Waals surface area (Å²) in [5.74, 6) is 0.706. The van der Waals surface area contributed by atoms with Gasteiger partial charge in [0.25, 0.3) is 0 Å². The number of benzene rings is 1. The SMILES string of the molecule is c1ccc([Se][C@@H]2C3OCC4C[C@@H]2O[C@H]43)cc1. The zero-order valence-electron chi connectivity index (χ0n) is 8.91. The van der Waals surface area contributed by atoms with Crippen LogP contribution in [0.5, 0.6) is 0 Å². The molecular weight excluding hydrogens is 267 g/mol. The van der Waals surface area contributed by atoms with Crippen LogP contribution >= 0.6 is 0 Å². The van der Waals surface area contributed by atoms with E-state index in [-0.39, 0.29) is 0 Å². The van der Waals surface area contributed by atoms with Crippen LogP contribution in [-0.4, -0.2) is 39.9 Å². The Labute approximate surface area is 101 Å². The summed E-state index contributed by atoms with van der Waals surface area (Å²) in [6.45, 7) is 0.938. The van der Waals surface area contributed by atoms with E-state index in [1.54, 1.807) is 0 Å². The van der Waals surface area contributed by atoms with E-state index >= 15 is 0 Å². The molecule has 2 unspecified atom stereocenters. The van der Waals surface area contributed by atoms with E-state index in [2.05, 4.69) is 30.3 Å². The van der Waals surface area contributed by atoms with Gasteiger partial charge in [0.05, 0.1) is 0 Å². The second-order valence-electron chi connectivity index (χ2n) is 4.83. The summed E-state index contributed by atoms with van der Waals surface area (Å²) in [6, 6.07) is 10.8. The van der Waals surface area contributed by atoms with E-state index in [1.807, 2.05) is 0 Å². The van der Waals surface area contributed by atoms with Crippen LogP contribution in [0.4, 0.5) is 0 Å². The molecule has 3 aliphatic rings. The molecule has 0 spiro atoms. The zero-order valence-corrected chi connectivity index (χ0v) is 10.6. The second-order valence-corrected chi connectivity index (χ2v) is 7.45. The summed E-state index contributed by atoms with van der Waals surface area (Å²) in [6.07, 6.45) is 2.56. The molecule has 0 aliphatic carbocycles. The average molecular weight is 281 g/mol. The Hall–Kier alpha value is -0.341. The van der Waals surface area contributed by atoms with Gasteiger partial charge < -0.3 is 0 Å². The van der Waals surface area contributed by atoms with Crippen LogP contribution in [0.25, 0.3) is 0 Å². The Morgan fingerprint density at radius 1 is 1.12 bits per heavy atom. The van der Waals surface area contributed by atoms with Crippen LogP contribution < -0.4 is 4.46 Å². The summed E-state index contributed by atoms with van der Waals surface area (Å²) in [7, 11) is 0. The molecular formula is C13H14O2Se. The van der Waals surface area contributed by atoms with Gasteiger partial charge in [-0.3, -0.25) is 0 Å². The molecule has 84 valence electrons. The standard InChI is InChI=1S/C13H14O2Se/c1-2-4-9(5-3-1)16-13-10-6-8-7-14-12(13)11(8)15-10/h1-5,8,10-13H,6-7H2/t8?,10-,11+,12?,13-/m0/s1. The Kier molecular flexibility index (Phi) is 2.16. The van der Waals surface area contributed by atoms with E-state index < -0.39 is 0 Å². The van der Waals surface area contributed by atoms with Gasteiger partial charge in [0.2, 0.25) is 0 Å². The van der Waals surface area contributed by atoms with Gasteiger partial charge >= 0.3 is 101 Å². The molecule has 0 aromatic heterocycles. The molecule has 4 rings (SSSR count). The first-order valence-corrected chi connectivity index (χ1v) is 7.75. The predicted octanol–water partition coefficient (Wildman–Crippen LogP) is 0.991. The van der Waals surface area contributed by atoms with Gasteiger partial charge in [0, 0.05) is 0 Å². The molecule has 3 saturated heterocycles. The van der Waals surface area contributed by atoms with E-state index in [1.165, 1.54) is 10.9 Å². The summed E-state index contributed by atoms with van der Waals surface area (Å²) in [5, 5.41) is 0. The minimum atomic E-state index is 0.406. The number of hydrogen-bond donors (Lipinski definition) is 0. The Balaban J connectivity index is 1.57. The molecule has 0 amide bonds. The maximum atomic E-state index is 6.03. The zero-order chi connectivity index (χ0) is 10.5. The van der Waals surface area contributed by atoms with Crippen molar-refractivity contribution in [2.24, 2.45) is 5.92 Å². The van der Waals surface area contributed by atoms with Crippen LogP contribution in [0.3, 0.4) is 0 Å². The van der Waals surface area contributed by atoms with Crippen LogP contribution in [-0.2, 0) is 9.47 Å². The molecule has 5 atom stereocenters. The van der Waals surface area contributed by atoms with Gasteiger partial charge in [-0.1, -0.05) is 0 Å². The van der Waals surface area contributed by atoms with Gasteiger partial charge in [-0.15, -0.1) is 0 Å². The van der Waals surface area contributed by atoms with Crippen molar-refractivity contribution in [3.05, 3.63) is 30.3 Å². The van der Waals surface area contributed by atoms with Crippen molar-refractivity contribution in [3.8, 4) is 0 Å². The average Bonchev–Trinajstić information content (AvgIpc) is 2.91. The van der Waals surface area contributed by atoms with Crippen LogP contribution in [0.1, 0.15) is 6.42 Å². The molecule has 0 radical (unpaired) electrons. The fourth-order valence-corrected chi connectivity index (χ4v) is 5.92. The molecule has 16 heavy (non-hydrogen) atoms. The summed E-state index contributed by atoms with van der Waals surface area (Å²) >= 11 is 0.501. The van der Waals surface area contributed by atoms with Crippen molar-refractivity contribution >= 4 is 19.4 Å². The van der Waals surface area contributed by atoms with Crippen LogP contribution in [0.15, 0.2) is 30.3 Å². The van der Waals surface area contributed by atoms with E-state index in [4.69, 9.17) is 9.47 Å². The second kappa shape index (κ2) is 3.58. The molecule has 2 nitrogen and oxygen atoms in total. The quantitative estimate of drug-likeness (QED) is 0.753. The van der Waals surface area contributed by atoms with Gasteiger partial charge in [0.15, 0.2) is 0 Å². The molecule has 0 N–H and O–H groups in total. The summed E-state index contributed by atoms with van der Waals surface area (Å²) in [4.78, 5) is 0.652. The Morgan fingerprint density at radius 3 is 2.88 bits per heavy atom. The van der Waals surface area contributed by atoms with Crippen LogP contribution in [0.2, 0.25) is 4.82 Å². The third kappa shape index (κ3) is 1.32. The molecule has 3 aliphatic heterocycles. The first-order chi connectivity index (χ1) is 7.92. The molecule has 3 heteroatoms. The molecule has 3 fully saturated rings. The fraction of sp³-hybridized carbons (Fsp3) is 0.538. The molecule has 1 aromatic rings. The van der Waals surface area contributed by atoms with Gasteiger partial charge in [-0.05, 0) is 0 Å². The Morgan fingerprint density at radius 2 is 2.00 bits per heavy atom. The van der Waals surface area contributed by atoms with E-state index in [9.17, 15) is 0 Å². The third-order valence-corrected chi connectivity index (χ3v) is 6.78. The van der Waals surface area contributed by atoms with Crippen molar-refractivity contribution in [2.45, 2.75) is 29.5 Å². The maximum absolute atomic E-state index is 6.03. The first kappa shape index (κ1) is 9.67. The number of rotatable bonds is 2. The van der Waals surface area contributed by atoms with Crippen molar-refractivity contribution in [1.29, 1.82) is 0 Å². The van der Waals surface area contributed by atoms with Crippen molar-refractivity contribution in [1.82, 2.24) is 0 Å². The van der Waals surface area contributed by atoms with Gasteiger partial charge in [-0.25, -0.2) is 0 Å². The van der Waals surface area contributed by atoms with E-state index in [0.29, 0.717) is 44.0 Å². The topological polar surface area (TPSA) is 18.5 Å². The minimum absolute atomic E-state index is 0.406. The van der Waals surface area contributed by atoms with Crippen LogP contribution in [0, 0.1) is 5.92 Å². The van der Waals surface area contributed by atoms with Crippen molar-refractivity contribution in [3.63, 3.8) is 0 Å². The third-order valence-electron chi connectivity index (χ3n) is 3.86. The summed E-state index contributed by atoms with van der Waals surface area (Å²) in [5.41, 5.74) is 0. The molecule has 0 saturated carbocycles. The number of hydrogen-bond acceptors (Lipinski definition) is 2. The predicted molar refractivity (Wildman–Crippen MR) is 62.1 cm³/mol. The number of ether oxygens (including phenoxy) is 2. The molecule has 2 bridgehead atoms. The van der Waals surface area contributed by atoms with E-state index in [0.717, 1.165) is 6.61 Å². The van der Waals surface area contributed by atoms with Gasteiger partial charge in [0.1, 0.15) is 0 Å². The van der Waals surface area contributed by atoms with Crippen molar-refractivity contribution in [2.75, 3.05) is 6.61 Å². The fourth-order valence-electron chi connectivity index (χ4n) is 3.14. The first-order valence-electron chi connectivity index (χ1n) is 5.90. The molecule has 3 heterocycles. The molecule has 1 aromatic carbocycles. The Bertz CT molecular complexity index is 392. The number of fused-ring (bicyclic) bond motifs is 1. The normalized spacial score (nSPS) is 44.1. The monoisotopic (exact) mass is 282 g/mol. The van der Waals surface area contributed by atoms with Crippen molar-refractivity contribution < 1.29 is 9.47 Å². The van der Waals surface area contributed by atoms with Gasteiger partial charge in [-0.2, -0.15) is 0 Å².